The summed E-state index contributed by atoms with van der Waals surface area (Å²) < 4.78 is 12.3. The van der Waals surface area contributed by atoms with Crippen molar-refractivity contribution in [3.8, 4) is 11.5 Å². The van der Waals surface area contributed by atoms with E-state index in [0.717, 1.165) is 35.3 Å². The summed E-state index contributed by atoms with van der Waals surface area (Å²) >= 11 is 5.99. The lowest BCUT2D eigenvalue weighted by Crippen LogP contribution is -2.47. The Morgan fingerprint density at radius 2 is 0.766 bits per heavy atom. The Kier molecular flexibility index (Phi) is 40.7. The van der Waals surface area contributed by atoms with Gasteiger partial charge in [0.15, 0.2) is 11.6 Å². The fourth-order valence-corrected chi connectivity index (χ4v) is 29.6. The van der Waals surface area contributed by atoms with Gasteiger partial charge in [0.2, 0.25) is 0 Å². The number of benzene rings is 9. The van der Waals surface area contributed by atoms with Crippen molar-refractivity contribution >= 4 is 86.2 Å². The summed E-state index contributed by atoms with van der Waals surface area (Å²) in [6, 6.07) is 75.4. The second kappa shape index (κ2) is 48.9. The molecule has 0 spiro atoms. The third-order valence-electron chi connectivity index (χ3n) is 31.2. The first-order valence-electron chi connectivity index (χ1n) is 52.0. The van der Waals surface area contributed by atoms with Crippen molar-refractivity contribution in [2.24, 2.45) is 117 Å². The molecular formula is C132H181NO5S3. The minimum absolute atomic E-state index is 0. The molecule has 0 saturated heterocycles. The highest BCUT2D eigenvalue weighted by molar-refractivity contribution is 8.01. The lowest BCUT2D eigenvalue weighted by atomic mass is 9.61. The van der Waals surface area contributed by atoms with Crippen LogP contribution in [-0.4, -0.2) is 50.8 Å². The molecule has 6 heterocycles. The Bertz CT molecular complexity index is 5370. The number of anilines is 1. The summed E-state index contributed by atoms with van der Waals surface area (Å²) in [5.74, 6) is 14.5. The molecular weight excluding hydrogens is 1780 g/mol. The van der Waals surface area contributed by atoms with E-state index in [0.29, 0.717) is 112 Å². The normalized spacial score (nSPS) is 22.4. The average Bonchev–Trinajstić information content (AvgIpc) is 0.751. The molecule has 9 aliphatic rings. The fraction of sp³-hybridized carbons (Fsp3) is 0.492. The maximum atomic E-state index is 12.5. The molecule has 762 valence electrons. The number of hydrogen-bond donors (Lipinski definition) is 1. The number of carbonyl (C=O) groups is 3. The Labute approximate surface area is 871 Å². The highest BCUT2D eigenvalue weighted by Crippen LogP contribution is 2.56. The van der Waals surface area contributed by atoms with E-state index in [1.165, 1.54) is 123 Å². The van der Waals surface area contributed by atoms with Gasteiger partial charge in [-0.1, -0.05) is 390 Å². The van der Waals surface area contributed by atoms with Crippen LogP contribution in [0.25, 0.3) is 27.9 Å². The molecule has 9 aromatic rings. The molecule has 9 unspecified atom stereocenters. The van der Waals surface area contributed by atoms with E-state index in [1.54, 1.807) is 5.56 Å². The first-order chi connectivity index (χ1) is 65.0. The van der Waals surface area contributed by atoms with Gasteiger partial charge in [0, 0.05) is 94.4 Å². The largest absolute Gasteiger partial charge is 0.488 e. The third-order valence-corrected chi connectivity index (χ3v) is 35.0. The lowest BCUT2D eigenvalue weighted by molar-refractivity contribution is -0.126. The second-order valence-corrected chi connectivity index (χ2v) is 51.6. The van der Waals surface area contributed by atoms with Crippen molar-refractivity contribution in [1.82, 2.24) is 0 Å². The highest BCUT2D eigenvalue weighted by atomic mass is 32.2. The van der Waals surface area contributed by atoms with E-state index < -0.39 is 5.41 Å². The topological polar surface area (TPSA) is 81.7 Å². The molecule has 18 rings (SSSR count). The van der Waals surface area contributed by atoms with Gasteiger partial charge in [-0.05, 0) is 277 Å². The summed E-state index contributed by atoms with van der Waals surface area (Å²) in [6.45, 7) is 92.7. The predicted molar refractivity (Wildman–Crippen MR) is 619 cm³/mol. The van der Waals surface area contributed by atoms with Gasteiger partial charge in [-0.15, -0.1) is 35.3 Å². The van der Waals surface area contributed by atoms with E-state index in [-0.39, 0.29) is 59.4 Å². The Hall–Kier alpha value is -8.86. The zero-order chi connectivity index (χ0) is 103. The Balaban J connectivity index is 0.000000194. The molecule has 9 atom stereocenters. The number of rotatable bonds is 9. The molecule has 6 aliphatic heterocycles. The zero-order valence-corrected chi connectivity index (χ0v) is 93.7. The van der Waals surface area contributed by atoms with E-state index in [2.05, 4.69) is 398 Å². The fourth-order valence-electron chi connectivity index (χ4n) is 25.2. The number of thioether (sulfide) groups is 3. The van der Waals surface area contributed by atoms with Crippen LogP contribution in [0.1, 0.15) is 313 Å². The van der Waals surface area contributed by atoms with E-state index in [9.17, 15) is 14.4 Å². The number of ketones is 3. The smallest absolute Gasteiger partial charge is 0.175 e. The zero-order valence-electron chi connectivity index (χ0n) is 91.2. The minimum atomic E-state index is -0.442. The van der Waals surface area contributed by atoms with Gasteiger partial charge >= 0.3 is 0 Å². The van der Waals surface area contributed by atoms with Gasteiger partial charge in [0.05, 0.1) is 11.0 Å². The molecule has 0 radical (unpaired) electrons. The predicted octanol–water partition coefficient (Wildman–Crippen LogP) is 37.1. The summed E-state index contributed by atoms with van der Waals surface area (Å²) in [7, 11) is 0. The summed E-state index contributed by atoms with van der Waals surface area (Å²) in [5, 5.41) is 3.64. The standard InChI is InChI=1S/C16H22.C15H21N.3C15H20O.C15H20S.C14H18O2.C13H16S.C12H16S.2CH4/c1-11(2)15-12(3)14-9-7-6-8-13(14)10-16(15,4)5;2*1-10(2)14-11(3)12-8-6-7-9-13(12)16-15(14,4)5;1-10(2)14-13(16)9-11-7-5-6-8-12(11)15(14,3)4;1-10(2)13-9-11-7-5-6-8-12(11)14(16)15(13,3)4;1-10(2)14-11(3)12-8-6-7-9-13(12)16-15(14,4)5;1-9(2)13-14(3,4)12(15)10-7-5-6-8-11(10)16-13;1-9(2)12-8-14-13-7-5-4-6-11(13)10(12)3;1-9(2)11-7-10-5-3-4-6-12(10)13-8-11;;/h6-9,11,15H,3,10H2,1-2,4-5H3;6-10,14,16H,3H2,1-2,4-5H3;6-10,14H,3H2,1-2,4-5H3;5-8,10,14H,9H2,1-4H3;5-8,10,13H,9H2,1-4H3;6-10,14H,3H2,1-2,4-5H3;5-9,13H,1-4H3;4-7,9,12H,3,8H2,1-2H3;3-6,9,11H,7-8H2,1-2H3;2*1H4. The summed E-state index contributed by atoms with van der Waals surface area (Å²) in [4.78, 5) is 41.3. The maximum absolute atomic E-state index is 12.5. The molecule has 0 bridgehead atoms. The van der Waals surface area contributed by atoms with Crippen LogP contribution >= 0.6 is 35.3 Å². The summed E-state index contributed by atoms with van der Waals surface area (Å²) in [5.41, 5.74) is 22.3. The third kappa shape index (κ3) is 27.1. The molecule has 9 heteroatoms. The molecule has 0 saturated carbocycles. The van der Waals surface area contributed by atoms with E-state index in [4.69, 9.17) is 9.47 Å². The number of carbonyl (C=O) groups excluding carboxylic acids is 3. The molecule has 0 amide bonds. The van der Waals surface area contributed by atoms with Crippen LogP contribution in [0.2, 0.25) is 0 Å². The van der Waals surface area contributed by atoms with Crippen LogP contribution in [0.15, 0.2) is 266 Å². The first kappa shape index (κ1) is 117. The van der Waals surface area contributed by atoms with Crippen molar-refractivity contribution in [3.63, 3.8) is 0 Å². The van der Waals surface area contributed by atoms with Gasteiger partial charge < -0.3 is 14.8 Å². The van der Waals surface area contributed by atoms with E-state index >= 15 is 0 Å². The molecule has 0 fully saturated rings. The number of Topliss-reactive ketones (excluding diaryl/α,β-unsaturated/α-hetero) is 3. The van der Waals surface area contributed by atoms with Crippen LogP contribution in [-0.2, 0) is 35.9 Å². The van der Waals surface area contributed by atoms with E-state index in [1.807, 2.05) is 116 Å². The first-order valence-corrected chi connectivity index (χ1v) is 54.8. The van der Waals surface area contributed by atoms with Gasteiger partial charge in [-0.3, -0.25) is 14.4 Å². The number of fused-ring (bicyclic) bond motifs is 9. The number of allylic oxidation sites excluding steroid dienone is 3. The minimum Gasteiger partial charge on any atom is -0.488 e. The quantitative estimate of drug-likeness (QED) is 0.152. The van der Waals surface area contributed by atoms with Gasteiger partial charge in [-0.25, -0.2) is 0 Å². The van der Waals surface area contributed by atoms with Crippen molar-refractivity contribution in [2.45, 2.75) is 304 Å². The van der Waals surface area contributed by atoms with Crippen molar-refractivity contribution < 1.29 is 23.9 Å². The second-order valence-electron chi connectivity index (χ2n) is 47.8. The molecule has 1 N–H and O–H groups in total. The lowest BCUT2D eigenvalue weighted by Gasteiger charge is -2.45. The number of para-hydroxylation sites is 3. The maximum Gasteiger partial charge on any atom is 0.175 e. The SMILES string of the molecule is C.C.C=C1c2ccccc2CC(C)(C)C1C(C)C.C=C1c2ccccc2NC(C)(C)C1C(C)C.C=C1c2ccccc2OC(C)(C)C1C(C)C.C=C1c2ccccc2SC(C)(C)C1C(C)C.C=C1c2ccccc2SCC1C(C)C.CC(C)C1C(=O)Cc2ccccc2C1(C)C.CC(C)C1CSc2ccccc2C1.CC(C)C1Cc2ccccc2C(=O)C1(C)C.CC(C)C1Oc2ccccc2C(=O)C1(C)C. The van der Waals surface area contributed by atoms with Crippen LogP contribution in [0.3, 0.4) is 0 Å². The molecule has 9 aromatic carbocycles. The number of nitrogens with one attached hydrogen (secondary N) is 1. The van der Waals surface area contributed by atoms with Gasteiger partial charge in [0.1, 0.15) is 29.0 Å². The molecule has 141 heavy (non-hydrogen) atoms. The Morgan fingerprint density at radius 3 is 1.31 bits per heavy atom. The van der Waals surface area contributed by atoms with Crippen LogP contribution in [0, 0.1) is 117 Å². The number of ether oxygens (including phenoxy) is 2. The van der Waals surface area contributed by atoms with Crippen LogP contribution < -0.4 is 14.8 Å². The van der Waals surface area contributed by atoms with Crippen molar-refractivity contribution in [2.75, 3.05) is 16.8 Å². The Morgan fingerprint density at radius 1 is 0.340 bits per heavy atom. The van der Waals surface area contributed by atoms with Crippen LogP contribution in [0.4, 0.5) is 5.69 Å². The van der Waals surface area contributed by atoms with Crippen molar-refractivity contribution in [1.29, 1.82) is 0 Å². The molecule has 0 aromatic heterocycles. The van der Waals surface area contributed by atoms with Crippen LogP contribution in [0.5, 0.6) is 11.5 Å². The van der Waals surface area contributed by atoms with Gasteiger partial charge in [-0.2, -0.15) is 0 Å². The monoisotopic (exact) mass is 1960 g/mol. The van der Waals surface area contributed by atoms with Gasteiger partial charge in [0.25, 0.3) is 0 Å². The van der Waals surface area contributed by atoms with Crippen molar-refractivity contribution in [3.05, 3.63) is 318 Å². The summed E-state index contributed by atoms with van der Waals surface area (Å²) in [6.07, 6.45) is 4.05. The average molecular weight is 1960 g/mol. The molecule has 6 nitrogen and oxygen atoms in total. The number of hydrogen-bond acceptors (Lipinski definition) is 9. The highest BCUT2D eigenvalue weighted by Gasteiger charge is 2.49. The molecule has 3 aliphatic carbocycles.